The zero-order valence-corrected chi connectivity index (χ0v) is 34.4. The van der Waals surface area contributed by atoms with Gasteiger partial charge in [-0.05, 0) is 48.2 Å². The summed E-state index contributed by atoms with van der Waals surface area (Å²) in [5.41, 5.74) is 2.06. The lowest BCUT2D eigenvalue weighted by Crippen LogP contribution is -2.65. The van der Waals surface area contributed by atoms with Crippen molar-refractivity contribution in [3.05, 3.63) is 173 Å². The summed E-state index contributed by atoms with van der Waals surface area (Å²) in [5, 5.41) is 24.2. The molecule has 59 heavy (non-hydrogen) atoms. The Kier molecular flexibility index (Phi) is 15.6. The van der Waals surface area contributed by atoms with Crippen LogP contribution in [0.25, 0.3) is 0 Å². The van der Waals surface area contributed by atoms with Crippen LogP contribution in [0.4, 0.5) is 0 Å². The highest BCUT2D eigenvalue weighted by Gasteiger charge is 2.52. The second kappa shape index (κ2) is 21.0. The Morgan fingerprint density at radius 1 is 0.644 bits per heavy atom. The van der Waals surface area contributed by atoms with Gasteiger partial charge in [0.2, 0.25) is 10.0 Å². The van der Waals surface area contributed by atoms with Crippen molar-refractivity contribution in [1.82, 2.24) is 9.21 Å². The van der Waals surface area contributed by atoms with Crippen LogP contribution < -0.4 is 0 Å². The van der Waals surface area contributed by atoms with Crippen molar-refractivity contribution >= 4 is 15.9 Å². The summed E-state index contributed by atoms with van der Waals surface area (Å²) in [6.07, 6.45) is -5.53. The van der Waals surface area contributed by atoms with E-state index in [0.717, 1.165) is 27.8 Å². The first-order valence-corrected chi connectivity index (χ1v) is 21.3. The van der Waals surface area contributed by atoms with Gasteiger partial charge in [-0.15, -0.1) is 0 Å². The molecule has 2 N–H and O–H groups in total. The summed E-state index contributed by atoms with van der Waals surface area (Å²) >= 11 is 0. The van der Waals surface area contributed by atoms with Crippen molar-refractivity contribution in [3.8, 4) is 0 Å². The lowest BCUT2D eigenvalue weighted by Gasteiger charge is -2.44. The number of rotatable bonds is 20. The molecule has 1 amide bonds. The molecule has 0 radical (unpaired) electrons. The number of hydrogen-bond donors (Lipinski definition) is 2. The summed E-state index contributed by atoms with van der Waals surface area (Å²) in [7, 11) is -3.81. The lowest BCUT2D eigenvalue weighted by atomic mass is 9.85. The number of amides is 1. The molecule has 0 bridgehead atoms. The third-order valence-corrected chi connectivity index (χ3v) is 12.5. The van der Waals surface area contributed by atoms with Crippen LogP contribution >= 0.6 is 0 Å². The molecule has 1 aliphatic heterocycles. The molecule has 0 aliphatic carbocycles. The van der Waals surface area contributed by atoms with Gasteiger partial charge < -0.3 is 34.1 Å². The number of sulfonamides is 1. The minimum atomic E-state index is -3.81. The quantitative estimate of drug-likeness (QED) is 0.0983. The summed E-state index contributed by atoms with van der Waals surface area (Å²) in [6.45, 7) is 3.40. The monoisotopic (exact) mass is 822 g/mol. The van der Waals surface area contributed by atoms with E-state index in [4.69, 9.17) is 18.9 Å². The van der Waals surface area contributed by atoms with E-state index in [0.29, 0.717) is 0 Å². The maximum atomic E-state index is 15.0. The van der Waals surface area contributed by atoms with Gasteiger partial charge in [-0.25, -0.2) is 8.42 Å². The van der Waals surface area contributed by atoms with E-state index in [1.54, 1.807) is 29.2 Å². The standard InChI is InChI=1S/C47H54N2O9S/c1-36-23-25-42(26-24-36)59(53,54)49-29-27-48(28-30-49)46(51)44(57-33-40-19-11-5-12-20-40)43(56-32-39-17-9-4-10-18-39)45(58-34-41-21-13-6-14-22-41)47(52,37(2)50)35-55-31-38-15-7-3-8-16-38/h3-26,37,43-45,50,52H,27-35H2,1-2H3/t37-,43-,44-,45+,47?/m1/s1. The smallest absolute Gasteiger partial charge is 0.254 e. The predicted molar refractivity (Wildman–Crippen MR) is 224 cm³/mol. The van der Waals surface area contributed by atoms with Gasteiger partial charge in [0, 0.05) is 26.2 Å². The SMILES string of the molecule is Cc1ccc(S(=O)(=O)N2CCN(C(=O)[C@H](OCc3ccccc3)[C@@H](OCc3ccccc3)[C@H](OCc3ccccc3)C(O)(COCc3ccccc3)[C@@H](C)O)CC2)cc1. The molecule has 6 rings (SSSR count). The van der Waals surface area contributed by atoms with Crippen molar-refractivity contribution in [2.75, 3.05) is 32.8 Å². The van der Waals surface area contributed by atoms with Crippen LogP contribution in [0.15, 0.2) is 150 Å². The van der Waals surface area contributed by atoms with Gasteiger partial charge in [-0.3, -0.25) is 4.79 Å². The Bertz CT molecular complexity index is 2120. The number of aliphatic hydroxyl groups is 2. The van der Waals surface area contributed by atoms with Crippen LogP contribution in [0.3, 0.4) is 0 Å². The highest BCUT2D eigenvalue weighted by molar-refractivity contribution is 7.89. The minimum Gasteiger partial charge on any atom is -0.390 e. The Hall–Kier alpha value is -4.76. The highest BCUT2D eigenvalue weighted by Crippen LogP contribution is 2.31. The first-order chi connectivity index (χ1) is 28.5. The maximum Gasteiger partial charge on any atom is 0.254 e. The zero-order chi connectivity index (χ0) is 41.7. The molecule has 5 atom stereocenters. The number of hydrogen-bond acceptors (Lipinski definition) is 9. The second-order valence-electron chi connectivity index (χ2n) is 14.9. The molecular formula is C47H54N2O9S. The molecule has 5 aromatic rings. The molecule has 1 saturated heterocycles. The third-order valence-electron chi connectivity index (χ3n) is 10.5. The van der Waals surface area contributed by atoms with Gasteiger partial charge in [0.1, 0.15) is 17.8 Å². The average molecular weight is 823 g/mol. The Balaban J connectivity index is 1.36. The molecule has 11 nitrogen and oxygen atoms in total. The molecule has 5 aromatic carbocycles. The summed E-state index contributed by atoms with van der Waals surface area (Å²) in [5.74, 6) is -0.474. The van der Waals surface area contributed by atoms with E-state index >= 15 is 4.79 Å². The van der Waals surface area contributed by atoms with Crippen LogP contribution in [0.1, 0.15) is 34.7 Å². The normalized spacial score (nSPS) is 16.8. The number of ether oxygens (including phenoxy) is 4. The van der Waals surface area contributed by atoms with E-state index in [-0.39, 0.29) is 64.1 Å². The highest BCUT2D eigenvalue weighted by atomic mass is 32.2. The predicted octanol–water partition coefficient (Wildman–Crippen LogP) is 5.91. The van der Waals surface area contributed by atoms with Gasteiger partial charge in [0.05, 0.1) is 44.0 Å². The van der Waals surface area contributed by atoms with Gasteiger partial charge in [0.15, 0.2) is 6.10 Å². The second-order valence-corrected chi connectivity index (χ2v) is 16.8. The number of aliphatic hydroxyl groups excluding tert-OH is 1. The summed E-state index contributed by atoms with van der Waals surface area (Å²) in [4.78, 5) is 16.8. The largest absolute Gasteiger partial charge is 0.390 e. The Morgan fingerprint density at radius 3 is 1.56 bits per heavy atom. The number of benzene rings is 5. The van der Waals surface area contributed by atoms with E-state index in [9.17, 15) is 18.6 Å². The van der Waals surface area contributed by atoms with Crippen molar-refractivity contribution < 1.29 is 42.4 Å². The fourth-order valence-electron chi connectivity index (χ4n) is 6.99. The summed E-state index contributed by atoms with van der Waals surface area (Å²) < 4.78 is 54.7. The lowest BCUT2D eigenvalue weighted by molar-refractivity contribution is -0.247. The molecule has 0 spiro atoms. The molecule has 1 fully saturated rings. The topological polar surface area (TPSA) is 135 Å². The van der Waals surface area contributed by atoms with Crippen molar-refractivity contribution in [3.63, 3.8) is 0 Å². The molecule has 0 saturated carbocycles. The number of carbonyl (C=O) groups is 1. The average Bonchev–Trinajstić information content (AvgIpc) is 3.26. The fourth-order valence-corrected chi connectivity index (χ4v) is 8.41. The molecule has 0 aromatic heterocycles. The molecule has 1 aliphatic rings. The zero-order valence-electron chi connectivity index (χ0n) is 33.6. The first-order valence-electron chi connectivity index (χ1n) is 19.9. The molecular weight excluding hydrogens is 769 g/mol. The molecule has 1 heterocycles. The van der Waals surface area contributed by atoms with E-state index in [1.807, 2.05) is 128 Å². The van der Waals surface area contributed by atoms with E-state index < -0.39 is 45.9 Å². The number of aryl methyl sites for hydroxylation is 1. The number of piperazine rings is 1. The molecule has 12 heteroatoms. The summed E-state index contributed by atoms with van der Waals surface area (Å²) in [6, 6.07) is 44.3. The third kappa shape index (κ3) is 11.7. The Labute approximate surface area is 347 Å². The number of carbonyl (C=O) groups excluding carboxylic acids is 1. The van der Waals surface area contributed by atoms with Gasteiger partial charge in [-0.1, -0.05) is 139 Å². The van der Waals surface area contributed by atoms with Crippen molar-refractivity contribution in [1.29, 1.82) is 0 Å². The fraction of sp³-hybridized carbons (Fsp3) is 0.340. The molecule has 312 valence electrons. The van der Waals surface area contributed by atoms with E-state index in [1.165, 1.54) is 11.2 Å². The first kappa shape index (κ1) is 43.8. The van der Waals surface area contributed by atoms with E-state index in [2.05, 4.69) is 0 Å². The van der Waals surface area contributed by atoms with Crippen LogP contribution in [0.5, 0.6) is 0 Å². The van der Waals surface area contributed by atoms with Gasteiger partial charge in [-0.2, -0.15) is 4.31 Å². The number of nitrogens with zero attached hydrogens (tertiary/aromatic N) is 2. The van der Waals surface area contributed by atoms with Gasteiger partial charge in [0.25, 0.3) is 5.91 Å². The van der Waals surface area contributed by atoms with Crippen molar-refractivity contribution in [2.45, 2.75) is 75.2 Å². The Morgan fingerprint density at radius 2 is 1.08 bits per heavy atom. The van der Waals surface area contributed by atoms with Crippen LogP contribution in [0.2, 0.25) is 0 Å². The maximum absolute atomic E-state index is 15.0. The van der Waals surface area contributed by atoms with Gasteiger partial charge >= 0.3 is 0 Å². The minimum absolute atomic E-state index is 0.000437. The van der Waals surface area contributed by atoms with Crippen LogP contribution in [0, 0.1) is 6.92 Å². The van der Waals surface area contributed by atoms with Crippen molar-refractivity contribution in [2.24, 2.45) is 0 Å². The molecule has 1 unspecified atom stereocenters. The van der Waals surface area contributed by atoms with Crippen LogP contribution in [-0.4, -0.2) is 96.5 Å². The van der Waals surface area contributed by atoms with Crippen LogP contribution in [-0.2, 0) is 60.2 Å².